The van der Waals surface area contributed by atoms with Gasteiger partial charge in [0, 0.05) is 5.56 Å². The van der Waals surface area contributed by atoms with E-state index in [0.29, 0.717) is 18.2 Å². The van der Waals surface area contributed by atoms with E-state index in [1.807, 2.05) is 45.9 Å². The summed E-state index contributed by atoms with van der Waals surface area (Å²) in [6.07, 6.45) is 0. The molecule has 0 radical (unpaired) electrons. The molecule has 4 heteroatoms. The second-order valence-electron chi connectivity index (χ2n) is 5.15. The van der Waals surface area contributed by atoms with Gasteiger partial charge >= 0.3 is 0 Å². The minimum atomic E-state index is -0.130. The second-order valence-corrected chi connectivity index (χ2v) is 5.59. The van der Waals surface area contributed by atoms with Crippen LogP contribution in [0.4, 0.5) is 0 Å². The molecule has 0 aliphatic heterocycles. The Kier molecular flexibility index (Phi) is 5.11. The quantitative estimate of drug-likeness (QED) is 0.658. The Hall–Kier alpha value is -1.13. The monoisotopic (exact) mass is 267 g/mol. The zero-order valence-electron chi connectivity index (χ0n) is 11.4. The highest BCUT2D eigenvalue weighted by molar-refractivity contribution is 7.80. The van der Waals surface area contributed by atoms with E-state index >= 15 is 0 Å². The number of rotatable bonds is 5. The van der Waals surface area contributed by atoms with Gasteiger partial charge in [0.15, 0.2) is 0 Å². The lowest BCUT2D eigenvalue weighted by atomic mass is 10.1. The number of ether oxygens (including phenoxy) is 2. The van der Waals surface area contributed by atoms with Crippen LogP contribution in [0, 0.1) is 6.92 Å². The van der Waals surface area contributed by atoms with Crippen LogP contribution in [0.15, 0.2) is 18.2 Å². The van der Waals surface area contributed by atoms with Gasteiger partial charge in [-0.25, -0.2) is 0 Å². The normalized spacial score (nSPS) is 11.3. The highest BCUT2D eigenvalue weighted by Crippen LogP contribution is 2.17. The maximum Gasteiger partial charge on any atom is 0.119 e. The summed E-state index contributed by atoms with van der Waals surface area (Å²) in [7, 11) is 0. The Labute approximate surface area is 114 Å². The van der Waals surface area contributed by atoms with E-state index in [0.717, 1.165) is 16.9 Å². The summed E-state index contributed by atoms with van der Waals surface area (Å²) in [5.74, 6) is 0.810. The van der Waals surface area contributed by atoms with Crippen LogP contribution in [-0.4, -0.2) is 23.8 Å². The van der Waals surface area contributed by atoms with Crippen molar-refractivity contribution in [3.8, 4) is 5.75 Å². The second kappa shape index (κ2) is 6.16. The molecule has 0 fully saturated rings. The van der Waals surface area contributed by atoms with Crippen LogP contribution < -0.4 is 10.5 Å². The third-order valence-corrected chi connectivity index (χ3v) is 2.57. The first-order chi connectivity index (χ1) is 8.29. The van der Waals surface area contributed by atoms with Gasteiger partial charge in [0.1, 0.15) is 17.3 Å². The van der Waals surface area contributed by atoms with E-state index in [9.17, 15) is 0 Å². The van der Waals surface area contributed by atoms with Gasteiger partial charge in [-0.15, -0.1) is 0 Å². The summed E-state index contributed by atoms with van der Waals surface area (Å²) in [6.45, 7) is 9.13. The average Bonchev–Trinajstić information content (AvgIpc) is 2.22. The molecular weight excluding hydrogens is 246 g/mol. The van der Waals surface area contributed by atoms with Crippen molar-refractivity contribution >= 4 is 17.2 Å². The maximum absolute atomic E-state index is 5.61. The van der Waals surface area contributed by atoms with Crippen LogP contribution in [-0.2, 0) is 4.74 Å². The zero-order chi connectivity index (χ0) is 13.8. The summed E-state index contributed by atoms with van der Waals surface area (Å²) < 4.78 is 11.2. The van der Waals surface area contributed by atoms with E-state index in [1.54, 1.807) is 0 Å². The van der Waals surface area contributed by atoms with Gasteiger partial charge in [0.05, 0.1) is 12.2 Å². The van der Waals surface area contributed by atoms with Gasteiger partial charge in [-0.05, 0) is 51.5 Å². The van der Waals surface area contributed by atoms with Crippen molar-refractivity contribution in [1.82, 2.24) is 0 Å². The SMILES string of the molecule is Cc1cc(OCCOC(C)(C)C)ccc1C(N)=S. The van der Waals surface area contributed by atoms with Crippen LogP contribution in [0.25, 0.3) is 0 Å². The van der Waals surface area contributed by atoms with Crippen molar-refractivity contribution in [2.75, 3.05) is 13.2 Å². The minimum Gasteiger partial charge on any atom is -0.491 e. The Morgan fingerprint density at radius 3 is 2.44 bits per heavy atom. The van der Waals surface area contributed by atoms with E-state index in [2.05, 4.69) is 0 Å². The fourth-order valence-corrected chi connectivity index (χ4v) is 1.74. The lowest BCUT2D eigenvalue weighted by Gasteiger charge is -2.19. The molecule has 1 aromatic carbocycles. The lowest BCUT2D eigenvalue weighted by Crippen LogP contribution is -2.22. The molecule has 0 aliphatic rings. The van der Waals surface area contributed by atoms with E-state index < -0.39 is 0 Å². The molecule has 3 nitrogen and oxygen atoms in total. The summed E-state index contributed by atoms with van der Waals surface area (Å²) in [4.78, 5) is 0.412. The Bertz CT molecular complexity index is 424. The van der Waals surface area contributed by atoms with Crippen molar-refractivity contribution < 1.29 is 9.47 Å². The summed E-state index contributed by atoms with van der Waals surface area (Å²) in [6, 6.07) is 5.70. The summed E-state index contributed by atoms with van der Waals surface area (Å²) >= 11 is 4.96. The van der Waals surface area contributed by atoms with Crippen LogP contribution in [0.5, 0.6) is 5.75 Å². The molecule has 0 aliphatic carbocycles. The van der Waals surface area contributed by atoms with E-state index in [-0.39, 0.29) is 5.60 Å². The molecule has 0 unspecified atom stereocenters. The van der Waals surface area contributed by atoms with Crippen molar-refractivity contribution in [1.29, 1.82) is 0 Å². The van der Waals surface area contributed by atoms with Crippen LogP contribution >= 0.6 is 12.2 Å². The molecule has 0 spiro atoms. The molecule has 2 N–H and O–H groups in total. The van der Waals surface area contributed by atoms with Gasteiger partial charge < -0.3 is 15.2 Å². The third kappa shape index (κ3) is 5.02. The molecule has 0 aromatic heterocycles. The molecule has 0 saturated heterocycles. The Balaban J connectivity index is 2.49. The molecule has 0 heterocycles. The van der Waals surface area contributed by atoms with Crippen molar-refractivity contribution in [2.45, 2.75) is 33.3 Å². The fourth-order valence-electron chi connectivity index (χ4n) is 1.51. The molecule has 0 bridgehead atoms. The maximum atomic E-state index is 5.61. The number of hydrogen-bond donors (Lipinski definition) is 1. The fraction of sp³-hybridized carbons (Fsp3) is 0.500. The highest BCUT2D eigenvalue weighted by Gasteiger charge is 2.09. The number of benzene rings is 1. The summed E-state index contributed by atoms with van der Waals surface area (Å²) in [5.41, 5.74) is 7.39. The number of thiocarbonyl (C=S) groups is 1. The Morgan fingerprint density at radius 2 is 1.94 bits per heavy atom. The molecular formula is C14H21NO2S. The lowest BCUT2D eigenvalue weighted by molar-refractivity contribution is -0.0163. The third-order valence-electron chi connectivity index (χ3n) is 2.35. The molecule has 1 aromatic rings. The number of aryl methyl sites for hydroxylation is 1. The van der Waals surface area contributed by atoms with Gasteiger partial charge in [-0.3, -0.25) is 0 Å². The van der Waals surface area contributed by atoms with Crippen molar-refractivity contribution in [3.05, 3.63) is 29.3 Å². The van der Waals surface area contributed by atoms with Gasteiger partial charge in [0.25, 0.3) is 0 Å². The first-order valence-electron chi connectivity index (χ1n) is 5.97. The Morgan fingerprint density at radius 1 is 1.28 bits per heavy atom. The molecule has 18 heavy (non-hydrogen) atoms. The largest absolute Gasteiger partial charge is 0.491 e. The minimum absolute atomic E-state index is 0.130. The molecule has 0 atom stereocenters. The zero-order valence-corrected chi connectivity index (χ0v) is 12.3. The van der Waals surface area contributed by atoms with Crippen molar-refractivity contribution in [3.63, 3.8) is 0 Å². The smallest absolute Gasteiger partial charge is 0.119 e. The standard InChI is InChI=1S/C14H21NO2S/c1-10-9-11(5-6-12(10)13(15)18)16-7-8-17-14(2,3)4/h5-6,9H,7-8H2,1-4H3,(H2,15,18). The van der Waals surface area contributed by atoms with E-state index in [1.165, 1.54) is 0 Å². The molecule has 0 saturated carbocycles. The predicted molar refractivity (Wildman–Crippen MR) is 78.3 cm³/mol. The molecule has 1 rings (SSSR count). The predicted octanol–water partition coefficient (Wildman–Crippen LogP) is 2.82. The molecule has 0 amide bonds. The topological polar surface area (TPSA) is 44.5 Å². The van der Waals surface area contributed by atoms with Crippen LogP contribution in [0.1, 0.15) is 31.9 Å². The molecule has 100 valence electrons. The number of hydrogen-bond acceptors (Lipinski definition) is 3. The first kappa shape index (κ1) is 14.9. The summed E-state index contributed by atoms with van der Waals surface area (Å²) in [5, 5.41) is 0. The van der Waals surface area contributed by atoms with Crippen molar-refractivity contribution in [2.24, 2.45) is 5.73 Å². The van der Waals surface area contributed by atoms with Gasteiger partial charge in [-0.1, -0.05) is 12.2 Å². The van der Waals surface area contributed by atoms with Gasteiger partial charge in [-0.2, -0.15) is 0 Å². The average molecular weight is 267 g/mol. The van der Waals surface area contributed by atoms with Gasteiger partial charge in [0.2, 0.25) is 0 Å². The number of nitrogens with two attached hydrogens (primary N) is 1. The van der Waals surface area contributed by atoms with E-state index in [4.69, 9.17) is 27.4 Å². The van der Waals surface area contributed by atoms with Crippen LogP contribution in [0.3, 0.4) is 0 Å². The van der Waals surface area contributed by atoms with Crippen LogP contribution in [0.2, 0.25) is 0 Å². The first-order valence-corrected chi connectivity index (χ1v) is 6.37. The highest BCUT2D eigenvalue weighted by atomic mass is 32.1.